The Hall–Kier alpha value is -2.69. The predicted molar refractivity (Wildman–Crippen MR) is 75.3 cm³/mol. The Labute approximate surface area is 114 Å². The highest BCUT2D eigenvalue weighted by molar-refractivity contribution is 5.97. The number of carbonyl (C=O) groups excluding carboxylic acids is 1. The van der Waals surface area contributed by atoms with Gasteiger partial charge in [-0.1, -0.05) is 24.3 Å². The van der Waals surface area contributed by atoms with Crippen molar-refractivity contribution in [3.05, 3.63) is 60.0 Å². The molecule has 20 heavy (non-hydrogen) atoms. The maximum absolute atomic E-state index is 13.5. The molecule has 0 saturated carbocycles. The van der Waals surface area contributed by atoms with Gasteiger partial charge in [0.2, 0.25) is 0 Å². The van der Waals surface area contributed by atoms with Crippen molar-refractivity contribution in [3.8, 4) is 0 Å². The molecule has 100 valence electrons. The third-order valence-electron chi connectivity index (χ3n) is 3.09. The molecule has 3 aromatic rings. The van der Waals surface area contributed by atoms with Crippen molar-refractivity contribution >= 4 is 22.6 Å². The number of carbonyl (C=O) groups is 1. The van der Waals surface area contributed by atoms with Crippen LogP contribution in [0.3, 0.4) is 0 Å². The predicted octanol–water partition coefficient (Wildman–Crippen LogP) is 3.56. The second-order valence-electron chi connectivity index (χ2n) is 4.51. The normalized spacial score (nSPS) is 10.7. The van der Waals surface area contributed by atoms with E-state index in [1.54, 1.807) is 31.3 Å². The zero-order valence-electron chi connectivity index (χ0n) is 10.8. The van der Waals surface area contributed by atoms with E-state index in [0.29, 0.717) is 16.8 Å². The smallest absolute Gasteiger partial charge is 0.306 e. The van der Waals surface area contributed by atoms with Gasteiger partial charge < -0.3 is 5.32 Å². The van der Waals surface area contributed by atoms with Crippen molar-refractivity contribution in [2.75, 3.05) is 5.32 Å². The fraction of sp³-hybridized carbons (Fsp3) is 0.0667. The van der Waals surface area contributed by atoms with Gasteiger partial charge in [0, 0.05) is 11.1 Å². The van der Waals surface area contributed by atoms with Gasteiger partial charge in [-0.25, -0.2) is 9.18 Å². The van der Waals surface area contributed by atoms with Crippen LogP contribution in [0.1, 0.15) is 5.56 Å². The standard InChI is InChI=1S/C15H12FN3O/c1-10-6-7-12(8-13(10)16)18-15(20)19-14-5-3-2-4-11(14)9-17-19/h2-9H,1H3,(H,18,20). The van der Waals surface area contributed by atoms with Crippen LogP contribution in [0, 0.1) is 12.7 Å². The number of hydrogen-bond acceptors (Lipinski definition) is 2. The molecule has 0 aliphatic carbocycles. The van der Waals surface area contributed by atoms with Crippen molar-refractivity contribution < 1.29 is 9.18 Å². The molecule has 1 aromatic heterocycles. The number of fused-ring (bicyclic) bond motifs is 1. The van der Waals surface area contributed by atoms with Gasteiger partial charge in [-0.05, 0) is 30.7 Å². The quantitative estimate of drug-likeness (QED) is 0.734. The summed E-state index contributed by atoms with van der Waals surface area (Å²) in [5.41, 5.74) is 1.64. The molecule has 0 radical (unpaired) electrons. The van der Waals surface area contributed by atoms with Crippen LogP contribution in [0.15, 0.2) is 48.7 Å². The highest BCUT2D eigenvalue weighted by Gasteiger charge is 2.10. The first-order valence-corrected chi connectivity index (χ1v) is 6.15. The van der Waals surface area contributed by atoms with Crippen molar-refractivity contribution in [1.29, 1.82) is 0 Å². The summed E-state index contributed by atoms with van der Waals surface area (Å²) in [5, 5.41) is 7.54. The maximum atomic E-state index is 13.5. The molecule has 0 aliphatic rings. The molecule has 0 fully saturated rings. The second-order valence-corrected chi connectivity index (χ2v) is 4.51. The van der Waals surface area contributed by atoms with Gasteiger partial charge in [0.05, 0.1) is 11.7 Å². The van der Waals surface area contributed by atoms with E-state index in [9.17, 15) is 9.18 Å². The fourth-order valence-electron chi connectivity index (χ4n) is 1.98. The minimum atomic E-state index is -0.422. The molecular formula is C15H12FN3O. The highest BCUT2D eigenvalue weighted by Crippen LogP contribution is 2.16. The van der Waals surface area contributed by atoms with E-state index in [1.165, 1.54) is 10.7 Å². The van der Waals surface area contributed by atoms with Crippen LogP contribution in [0.25, 0.3) is 10.9 Å². The minimum absolute atomic E-state index is 0.354. The first-order valence-electron chi connectivity index (χ1n) is 6.15. The number of para-hydroxylation sites is 1. The Morgan fingerprint density at radius 3 is 2.85 bits per heavy atom. The Balaban J connectivity index is 1.91. The fourth-order valence-corrected chi connectivity index (χ4v) is 1.98. The molecule has 0 saturated heterocycles. The van der Waals surface area contributed by atoms with E-state index < -0.39 is 6.03 Å². The van der Waals surface area contributed by atoms with Crippen molar-refractivity contribution in [1.82, 2.24) is 9.78 Å². The summed E-state index contributed by atoms with van der Waals surface area (Å²) in [6.07, 6.45) is 1.62. The molecule has 1 N–H and O–H groups in total. The Kier molecular flexibility index (Phi) is 2.95. The van der Waals surface area contributed by atoms with Gasteiger partial charge in [-0.15, -0.1) is 0 Å². The Bertz CT molecular complexity index is 795. The molecular weight excluding hydrogens is 257 g/mol. The number of hydrogen-bond donors (Lipinski definition) is 1. The SMILES string of the molecule is Cc1ccc(NC(=O)n2ncc3ccccc32)cc1F. The van der Waals surface area contributed by atoms with E-state index in [0.717, 1.165) is 5.39 Å². The van der Waals surface area contributed by atoms with Crippen LogP contribution < -0.4 is 5.32 Å². The van der Waals surface area contributed by atoms with Gasteiger partial charge >= 0.3 is 6.03 Å². The van der Waals surface area contributed by atoms with E-state index in [-0.39, 0.29) is 5.82 Å². The van der Waals surface area contributed by atoms with Crippen LogP contribution in [0.4, 0.5) is 14.9 Å². The molecule has 2 aromatic carbocycles. The number of halogens is 1. The summed E-state index contributed by atoms with van der Waals surface area (Å²) in [4.78, 5) is 12.2. The third kappa shape index (κ3) is 2.14. The number of nitrogens with one attached hydrogen (secondary N) is 1. The van der Waals surface area contributed by atoms with E-state index in [4.69, 9.17) is 0 Å². The number of rotatable bonds is 1. The Morgan fingerprint density at radius 1 is 1.25 bits per heavy atom. The maximum Gasteiger partial charge on any atom is 0.347 e. The summed E-state index contributed by atoms with van der Waals surface area (Å²) in [5.74, 6) is -0.354. The van der Waals surface area contributed by atoms with Crippen LogP contribution in [-0.2, 0) is 0 Å². The summed E-state index contributed by atoms with van der Waals surface area (Å²) < 4.78 is 14.7. The zero-order chi connectivity index (χ0) is 14.1. The van der Waals surface area contributed by atoms with Crippen LogP contribution in [0.5, 0.6) is 0 Å². The minimum Gasteiger partial charge on any atom is -0.306 e. The van der Waals surface area contributed by atoms with Crippen LogP contribution in [-0.4, -0.2) is 15.8 Å². The monoisotopic (exact) mass is 269 g/mol. The number of aryl methyl sites for hydroxylation is 1. The number of amides is 1. The summed E-state index contributed by atoms with van der Waals surface area (Å²) in [6, 6.07) is 11.5. The van der Waals surface area contributed by atoms with Gasteiger partial charge in [0.25, 0.3) is 0 Å². The number of benzene rings is 2. The summed E-state index contributed by atoms with van der Waals surface area (Å²) >= 11 is 0. The largest absolute Gasteiger partial charge is 0.347 e. The molecule has 3 rings (SSSR count). The van der Waals surface area contributed by atoms with Crippen LogP contribution >= 0.6 is 0 Å². The average Bonchev–Trinajstić information content (AvgIpc) is 2.87. The van der Waals surface area contributed by atoms with Gasteiger partial charge in [0.15, 0.2) is 0 Å². The molecule has 0 bridgehead atoms. The molecule has 0 atom stereocenters. The first kappa shape index (κ1) is 12.3. The lowest BCUT2D eigenvalue weighted by Crippen LogP contribution is -2.20. The lowest BCUT2D eigenvalue weighted by atomic mass is 10.2. The average molecular weight is 269 g/mol. The van der Waals surface area contributed by atoms with E-state index >= 15 is 0 Å². The van der Waals surface area contributed by atoms with Gasteiger partial charge in [-0.2, -0.15) is 9.78 Å². The molecule has 5 heteroatoms. The summed E-state index contributed by atoms with van der Waals surface area (Å²) in [6.45, 7) is 1.67. The van der Waals surface area contributed by atoms with Crippen molar-refractivity contribution in [2.45, 2.75) is 6.92 Å². The van der Waals surface area contributed by atoms with Crippen molar-refractivity contribution in [3.63, 3.8) is 0 Å². The van der Waals surface area contributed by atoms with E-state index in [2.05, 4.69) is 10.4 Å². The second kappa shape index (κ2) is 4.77. The molecule has 0 spiro atoms. The van der Waals surface area contributed by atoms with E-state index in [1.807, 2.05) is 18.2 Å². The third-order valence-corrected chi connectivity index (χ3v) is 3.09. The first-order chi connectivity index (χ1) is 9.65. The molecule has 0 unspecified atom stereocenters. The molecule has 1 amide bonds. The molecule has 4 nitrogen and oxygen atoms in total. The number of anilines is 1. The zero-order valence-corrected chi connectivity index (χ0v) is 10.8. The van der Waals surface area contributed by atoms with Gasteiger partial charge in [-0.3, -0.25) is 0 Å². The van der Waals surface area contributed by atoms with Crippen molar-refractivity contribution in [2.24, 2.45) is 0 Å². The lowest BCUT2D eigenvalue weighted by Gasteiger charge is -2.06. The van der Waals surface area contributed by atoms with Crippen LogP contribution in [0.2, 0.25) is 0 Å². The molecule has 0 aliphatic heterocycles. The lowest BCUT2D eigenvalue weighted by molar-refractivity contribution is 0.252. The molecule has 1 heterocycles. The van der Waals surface area contributed by atoms with Gasteiger partial charge in [0.1, 0.15) is 5.82 Å². The number of nitrogens with zero attached hydrogens (tertiary/aromatic N) is 2. The topological polar surface area (TPSA) is 46.9 Å². The highest BCUT2D eigenvalue weighted by atomic mass is 19.1. The Morgan fingerprint density at radius 2 is 2.05 bits per heavy atom. The summed E-state index contributed by atoms with van der Waals surface area (Å²) in [7, 11) is 0. The number of aromatic nitrogens is 2.